The minimum Gasteiger partial charge on any atom is -0.337 e. The molecule has 3 unspecified atom stereocenters. The van der Waals surface area contributed by atoms with E-state index in [1.165, 1.54) is 32.1 Å². The Morgan fingerprint density at radius 3 is 2.84 bits per heavy atom. The number of hydrogen-bond donors (Lipinski definition) is 1. The van der Waals surface area contributed by atoms with Gasteiger partial charge in [-0.05, 0) is 32.1 Å². The van der Waals surface area contributed by atoms with E-state index >= 15 is 0 Å². The van der Waals surface area contributed by atoms with Gasteiger partial charge in [-0.3, -0.25) is 0 Å². The van der Waals surface area contributed by atoms with Crippen LogP contribution in [0.25, 0.3) is 0 Å². The van der Waals surface area contributed by atoms with Gasteiger partial charge < -0.3 is 10.3 Å². The number of nitrogens with two attached hydrogens (primary N) is 1. The molecule has 1 aliphatic rings. The molecular weight excluding hydrogens is 238 g/mol. The maximum atomic E-state index is 6.25. The van der Waals surface area contributed by atoms with Crippen molar-refractivity contribution in [3.63, 3.8) is 0 Å². The lowest BCUT2D eigenvalue weighted by Crippen LogP contribution is -2.33. The van der Waals surface area contributed by atoms with Crippen LogP contribution in [0.15, 0.2) is 4.52 Å². The van der Waals surface area contributed by atoms with Crippen LogP contribution in [0, 0.1) is 5.92 Å². The van der Waals surface area contributed by atoms with E-state index in [0.717, 1.165) is 24.6 Å². The average Bonchev–Trinajstić information content (AvgIpc) is 2.89. The van der Waals surface area contributed by atoms with Crippen molar-refractivity contribution in [2.24, 2.45) is 11.7 Å². The molecule has 1 heterocycles. The smallest absolute Gasteiger partial charge is 0.246 e. The summed E-state index contributed by atoms with van der Waals surface area (Å²) in [6, 6.07) is 0. The summed E-state index contributed by atoms with van der Waals surface area (Å²) >= 11 is 0. The van der Waals surface area contributed by atoms with E-state index in [0.29, 0.717) is 11.8 Å². The number of aromatic nitrogens is 2. The molecule has 3 atom stereocenters. The predicted octanol–water partition coefficient (Wildman–Crippen LogP) is 3.73. The largest absolute Gasteiger partial charge is 0.337 e. The van der Waals surface area contributed by atoms with E-state index in [1.54, 1.807) is 0 Å². The quantitative estimate of drug-likeness (QED) is 0.881. The third kappa shape index (κ3) is 3.35. The summed E-state index contributed by atoms with van der Waals surface area (Å²) in [5.41, 5.74) is 5.76. The lowest BCUT2D eigenvalue weighted by atomic mass is 9.80. The topological polar surface area (TPSA) is 64.9 Å². The van der Waals surface area contributed by atoms with Gasteiger partial charge in [-0.1, -0.05) is 44.7 Å². The summed E-state index contributed by atoms with van der Waals surface area (Å²) in [4.78, 5) is 4.59. The Hall–Kier alpha value is -0.900. The fourth-order valence-electron chi connectivity index (χ4n) is 3.16. The van der Waals surface area contributed by atoms with Crippen LogP contribution in [0.4, 0.5) is 0 Å². The maximum absolute atomic E-state index is 6.25. The molecule has 0 saturated heterocycles. The number of rotatable bonds is 5. The third-order valence-electron chi connectivity index (χ3n) is 4.42. The van der Waals surface area contributed by atoms with E-state index in [9.17, 15) is 0 Å². The summed E-state index contributed by atoms with van der Waals surface area (Å²) in [6.45, 7) is 6.37. The molecule has 1 fully saturated rings. The van der Waals surface area contributed by atoms with Crippen molar-refractivity contribution in [2.75, 3.05) is 0 Å². The van der Waals surface area contributed by atoms with Crippen LogP contribution >= 0.6 is 0 Å². The molecule has 4 nitrogen and oxygen atoms in total. The third-order valence-corrected chi connectivity index (χ3v) is 4.42. The molecule has 0 spiro atoms. The van der Waals surface area contributed by atoms with Crippen LogP contribution in [0.3, 0.4) is 0 Å². The molecule has 19 heavy (non-hydrogen) atoms. The maximum Gasteiger partial charge on any atom is 0.246 e. The lowest BCUT2D eigenvalue weighted by Gasteiger charge is -2.26. The molecule has 0 aromatic carbocycles. The Kier molecular flexibility index (Phi) is 4.61. The molecule has 0 bridgehead atoms. The van der Waals surface area contributed by atoms with Gasteiger partial charge in [0.25, 0.3) is 0 Å². The van der Waals surface area contributed by atoms with E-state index in [4.69, 9.17) is 10.3 Å². The first kappa shape index (κ1) is 14.5. The zero-order valence-corrected chi connectivity index (χ0v) is 12.5. The monoisotopic (exact) mass is 265 g/mol. The highest BCUT2D eigenvalue weighted by Crippen LogP contribution is 2.36. The van der Waals surface area contributed by atoms with E-state index in [1.807, 2.05) is 6.92 Å². The molecule has 0 aliphatic heterocycles. The van der Waals surface area contributed by atoms with Crippen LogP contribution < -0.4 is 5.73 Å². The van der Waals surface area contributed by atoms with Gasteiger partial charge in [0, 0.05) is 5.92 Å². The normalized spacial score (nSPS) is 27.2. The highest BCUT2D eigenvalue weighted by Gasteiger charge is 2.31. The minimum absolute atomic E-state index is 0.466. The van der Waals surface area contributed by atoms with Gasteiger partial charge in [0.1, 0.15) is 0 Å². The highest BCUT2D eigenvalue weighted by atomic mass is 16.5. The van der Waals surface area contributed by atoms with Crippen molar-refractivity contribution in [1.82, 2.24) is 10.1 Å². The van der Waals surface area contributed by atoms with Crippen LogP contribution in [0.1, 0.15) is 83.3 Å². The van der Waals surface area contributed by atoms with Gasteiger partial charge in [-0.15, -0.1) is 0 Å². The molecule has 0 radical (unpaired) electrons. The van der Waals surface area contributed by atoms with Crippen molar-refractivity contribution < 1.29 is 4.52 Å². The molecular formula is C15H27N3O. The van der Waals surface area contributed by atoms with Crippen molar-refractivity contribution in [1.29, 1.82) is 0 Å². The van der Waals surface area contributed by atoms with E-state index in [2.05, 4.69) is 24.0 Å². The molecule has 2 N–H and O–H groups in total. The molecule has 0 amide bonds. The van der Waals surface area contributed by atoms with Crippen LogP contribution in [-0.2, 0) is 5.54 Å². The van der Waals surface area contributed by atoms with Gasteiger partial charge in [0.15, 0.2) is 5.82 Å². The Balaban J connectivity index is 2.08. The predicted molar refractivity (Wildman–Crippen MR) is 75.7 cm³/mol. The summed E-state index contributed by atoms with van der Waals surface area (Å²) in [5.74, 6) is 2.76. The van der Waals surface area contributed by atoms with E-state index < -0.39 is 5.54 Å². The summed E-state index contributed by atoms with van der Waals surface area (Å²) in [7, 11) is 0. The first-order valence-electron chi connectivity index (χ1n) is 7.69. The van der Waals surface area contributed by atoms with Gasteiger partial charge in [-0.2, -0.15) is 4.98 Å². The zero-order valence-electron chi connectivity index (χ0n) is 12.5. The molecule has 1 saturated carbocycles. The average molecular weight is 265 g/mol. The van der Waals surface area contributed by atoms with Crippen LogP contribution in [0.5, 0.6) is 0 Å². The van der Waals surface area contributed by atoms with Crippen molar-refractivity contribution >= 4 is 0 Å². The lowest BCUT2D eigenvalue weighted by molar-refractivity contribution is 0.275. The standard InChI is InChI=1S/C15H27N3O/c1-4-9-15(3,16)14-17-13(18-19-14)12-8-6-7-11(5-2)10-12/h11-12H,4-10,16H2,1-3H3. The minimum atomic E-state index is -0.487. The second-order valence-corrected chi connectivity index (χ2v) is 6.26. The highest BCUT2D eigenvalue weighted by molar-refractivity contribution is 5.04. The van der Waals surface area contributed by atoms with E-state index in [-0.39, 0.29) is 0 Å². The first-order valence-corrected chi connectivity index (χ1v) is 7.69. The van der Waals surface area contributed by atoms with Crippen molar-refractivity contribution in [3.05, 3.63) is 11.7 Å². The van der Waals surface area contributed by atoms with Gasteiger partial charge in [0.05, 0.1) is 5.54 Å². The Labute approximate surface area is 116 Å². The zero-order chi connectivity index (χ0) is 13.9. The molecule has 4 heteroatoms. The second-order valence-electron chi connectivity index (χ2n) is 6.26. The summed E-state index contributed by atoms with van der Waals surface area (Å²) in [6.07, 6.45) is 8.16. The SMILES string of the molecule is CCCC(C)(N)c1nc(C2CCCC(CC)C2)no1. The van der Waals surface area contributed by atoms with Crippen molar-refractivity contribution in [2.45, 2.75) is 77.2 Å². The molecule has 108 valence electrons. The Morgan fingerprint density at radius 2 is 2.16 bits per heavy atom. The van der Waals surface area contributed by atoms with Crippen LogP contribution in [-0.4, -0.2) is 10.1 Å². The fraction of sp³-hybridized carbons (Fsp3) is 0.867. The number of hydrogen-bond acceptors (Lipinski definition) is 4. The van der Waals surface area contributed by atoms with Crippen LogP contribution in [0.2, 0.25) is 0 Å². The van der Waals surface area contributed by atoms with Gasteiger partial charge in [-0.25, -0.2) is 0 Å². The van der Waals surface area contributed by atoms with Crippen molar-refractivity contribution in [3.8, 4) is 0 Å². The molecule has 1 aliphatic carbocycles. The summed E-state index contributed by atoms with van der Waals surface area (Å²) in [5, 5.41) is 4.19. The summed E-state index contributed by atoms with van der Waals surface area (Å²) < 4.78 is 5.42. The number of nitrogens with zero attached hydrogens (tertiary/aromatic N) is 2. The second kappa shape index (κ2) is 6.04. The first-order chi connectivity index (χ1) is 9.06. The Bertz CT molecular complexity index is 400. The fourth-order valence-corrected chi connectivity index (χ4v) is 3.16. The molecule has 1 aromatic rings. The molecule has 1 aromatic heterocycles. The van der Waals surface area contributed by atoms with Gasteiger partial charge in [0.2, 0.25) is 5.89 Å². The van der Waals surface area contributed by atoms with Gasteiger partial charge >= 0.3 is 0 Å². The Morgan fingerprint density at radius 1 is 1.37 bits per heavy atom. The molecule has 2 rings (SSSR count).